The van der Waals surface area contributed by atoms with Gasteiger partial charge in [0.15, 0.2) is 6.10 Å². The minimum atomic E-state index is -4.40. The predicted molar refractivity (Wildman–Crippen MR) is 367 cm³/mol. The highest BCUT2D eigenvalue weighted by Gasteiger charge is 2.26. The van der Waals surface area contributed by atoms with E-state index in [4.69, 9.17) is 24.3 Å². The minimum absolute atomic E-state index is 0.0514. The summed E-state index contributed by atoms with van der Waals surface area (Å²) in [5.41, 5.74) is 5.40. The first-order chi connectivity index (χ1) is 41.8. The van der Waals surface area contributed by atoms with Crippen molar-refractivity contribution in [2.24, 2.45) is 5.73 Å². The summed E-state index contributed by atoms with van der Waals surface area (Å²) in [6.07, 6.45) is 96.1. The van der Waals surface area contributed by atoms with E-state index in [2.05, 4.69) is 123 Å². The fraction of sp³-hybridized carbons (Fsp3) is 0.733. The van der Waals surface area contributed by atoms with E-state index in [0.29, 0.717) is 6.42 Å². The van der Waals surface area contributed by atoms with Gasteiger partial charge in [-0.3, -0.25) is 18.6 Å². The molecule has 0 radical (unpaired) electrons. The number of unbranched alkanes of at least 4 members (excludes halogenated alkanes) is 35. The maximum atomic E-state index is 12.8. The van der Waals surface area contributed by atoms with Crippen molar-refractivity contribution in [3.8, 4) is 0 Å². The molecule has 85 heavy (non-hydrogen) atoms. The highest BCUT2D eigenvalue weighted by molar-refractivity contribution is 7.47. The van der Waals surface area contributed by atoms with Crippen LogP contribution in [0.5, 0.6) is 0 Å². The van der Waals surface area contributed by atoms with Crippen LogP contribution in [-0.4, -0.2) is 49.3 Å². The Kier molecular flexibility index (Phi) is 67.0. The van der Waals surface area contributed by atoms with Crippen LogP contribution in [0.1, 0.15) is 322 Å². The molecule has 3 N–H and O–H groups in total. The third-order valence-electron chi connectivity index (χ3n) is 15.2. The van der Waals surface area contributed by atoms with E-state index in [0.717, 1.165) is 96.3 Å². The fourth-order valence-corrected chi connectivity index (χ4v) is 10.8. The first-order valence-corrected chi connectivity index (χ1v) is 36.9. The normalized spacial score (nSPS) is 13.6. The summed E-state index contributed by atoms with van der Waals surface area (Å²) in [5, 5.41) is 0. The van der Waals surface area contributed by atoms with Gasteiger partial charge in [0.1, 0.15) is 6.61 Å². The van der Waals surface area contributed by atoms with Crippen molar-refractivity contribution in [3.05, 3.63) is 109 Å². The molecule has 0 aromatic rings. The van der Waals surface area contributed by atoms with Crippen LogP contribution in [0.2, 0.25) is 0 Å². The number of rotatable bonds is 66. The molecule has 10 heteroatoms. The Hall–Kier alpha value is -3.33. The molecule has 490 valence electrons. The Morgan fingerprint density at radius 3 is 0.906 bits per heavy atom. The molecule has 0 aromatic heterocycles. The van der Waals surface area contributed by atoms with Gasteiger partial charge in [0.05, 0.1) is 13.2 Å². The van der Waals surface area contributed by atoms with Gasteiger partial charge in [-0.1, -0.05) is 322 Å². The molecule has 2 unspecified atom stereocenters. The lowest BCUT2D eigenvalue weighted by molar-refractivity contribution is -0.161. The number of allylic oxidation sites excluding steroid dienone is 18. The SMILES string of the molecule is CC/C=C\C/C=C\C/C=C\C/C=C\C/C=C\CCCCCCCCCCCCCCCCCC(=O)OC(COC(=O)CCCCCCCCCCCCCCCCCCCCCC/C=C\C/C=C\C/C=C\C/C=C\CC)COP(=O)(O)OCCN. The van der Waals surface area contributed by atoms with Gasteiger partial charge in [0, 0.05) is 19.4 Å². The van der Waals surface area contributed by atoms with Gasteiger partial charge < -0.3 is 20.1 Å². The number of carbonyl (C=O) groups excluding carboxylic acids is 2. The predicted octanol–water partition coefficient (Wildman–Crippen LogP) is 23.3. The highest BCUT2D eigenvalue weighted by atomic mass is 31.2. The Morgan fingerprint density at radius 2 is 0.612 bits per heavy atom. The van der Waals surface area contributed by atoms with Crippen LogP contribution in [0.25, 0.3) is 0 Å². The van der Waals surface area contributed by atoms with E-state index < -0.39 is 26.5 Å². The second-order valence-electron chi connectivity index (χ2n) is 23.3. The van der Waals surface area contributed by atoms with Crippen molar-refractivity contribution in [3.63, 3.8) is 0 Å². The number of nitrogens with two attached hydrogens (primary N) is 1. The molecule has 0 bridgehead atoms. The summed E-state index contributed by atoms with van der Waals surface area (Å²) in [4.78, 5) is 35.4. The third kappa shape index (κ3) is 69.6. The molecule has 0 fully saturated rings. The zero-order valence-corrected chi connectivity index (χ0v) is 56.0. The Morgan fingerprint density at radius 1 is 0.353 bits per heavy atom. The zero-order valence-electron chi connectivity index (χ0n) is 55.1. The lowest BCUT2D eigenvalue weighted by atomic mass is 10.0. The molecule has 0 aliphatic carbocycles. The summed E-state index contributed by atoms with van der Waals surface area (Å²) in [6, 6.07) is 0. The quantitative estimate of drug-likeness (QED) is 0.0264. The minimum Gasteiger partial charge on any atom is -0.462 e. The molecule has 9 nitrogen and oxygen atoms in total. The highest BCUT2D eigenvalue weighted by Crippen LogP contribution is 2.43. The molecule has 0 saturated carbocycles. The zero-order chi connectivity index (χ0) is 61.6. The first kappa shape index (κ1) is 81.7. The van der Waals surface area contributed by atoms with E-state index in [1.54, 1.807) is 0 Å². The van der Waals surface area contributed by atoms with Gasteiger partial charge in [-0.05, 0) is 96.3 Å². The second kappa shape index (κ2) is 69.8. The number of carbonyl (C=O) groups is 2. The first-order valence-electron chi connectivity index (χ1n) is 35.4. The number of ether oxygens (including phenoxy) is 2. The van der Waals surface area contributed by atoms with E-state index in [-0.39, 0.29) is 38.6 Å². The van der Waals surface area contributed by atoms with Crippen molar-refractivity contribution in [1.29, 1.82) is 0 Å². The standard InChI is InChI=1S/C75H132NO8P/c1-3-5-7-9-11-13-15-17-19-21-23-25-27-29-31-33-35-36-38-39-41-43-45-47-49-51-53-55-57-59-61-63-65-67-74(77)81-71-73(72-83-85(79,80)82-70-69-76)84-75(78)68-66-64-62-60-58-56-54-52-50-48-46-44-42-40-37-34-32-30-28-26-24-22-20-18-16-14-12-10-8-6-4-2/h5-8,11-14,17-20,23-26,30,32,73H,3-4,9-10,15-16,21-22,27-29,31,33-72,76H2,1-2H3,(H,79,80)/b7-5-,8-6-,13-11-,14-12-,19-17-,20-18-,25-23-,26-24-,32-30-. The molecule has 0 saturated heterocycles. The molecule has 0 amide bonds. The Balaban J connectivity index is 3.85. The number of phosphoric acid groups is 1. The van der Waals surface area contributed by atoms with Crippen LogP contribution in [-0.2, 0) is 32.7 Å². The van der Waals surface area contributed by atoms with Crippen molar-refractivity contribution in [2.75, 3.05) is 26.4 Å². The van der Waals surface area contributed by atoms with Crippen LogP contribution >= 0.6 is 7.82 Å². The maximum Gasteiger partial charge on any atom is 0.472 e. The largest absolute Gasteiger partial charge is 0.472 e. The molecule has 2 atom stereocenters. The number of hydrogen-bond acceptors (Lipinski definition) is 8. The average Bonchev–Trinajstić information content (AvgIpc) is 3.52. The fourth-order valence-electron chi connectivity index (χ4n) is 10.0. The molecule has 0 spiro atoms. The van der Waals surface area contributed by atoms with Gasteiger partial charge in [0.2, 0.25) is 0 Å². The second-order valence-corrected chi connectivity index (χ2v) is 24.8. The van der Waals surface area contributed by atoms with Crippen LogP contribution in [0, 0.1) is 0 Å². The van der Waals surface area contributed by atoms with E-state index >= 15 is 0 Å². The molecular weight excluding hydrogens is 1070 g/mol. The van der Waals surface area contributed by atoms with Gasteiger partial charge in [-0.25, -0.2) is 4.57 Å². The third-order valence-corrected chi connectivity index (χ3v) is 16.1. The summed E-state index contributed by atoms with van der Waals surface area (Å²) in [7, 11) is -4.40. The summed E-state index contributed by atoms with van der Waals surface area (Å²) in [5.74, 6) is -0.817. The molecule has 0 rings (SSSR count). The van der Waals surface area contributed by atoms with E-state index in [9.17, 15) is 19.0 Å². The molecular formula is C75H132NO8P. The van der Waals surface area contributed by atoms with Crippen molar-refractivity contribution in [1.82, 2.24) is 0 Å². The average molecular weight is 1210 g/mol. The van der Waals surface area contributed by atoms with E-state index in [1.165, 1.54) is 193 Å². The Labute approximate surface area is 524 Å². The number of esters is 2. The van der Waals surface area contributed by atoms with Crippen LogP contribution in [0.3, 0.4) is 0 Å². The lowest BCUT2D eigenvalue weighted by Crippen LogP contribution is -2.29. The van der Waals surface area contributed by atoms with Crippen molar-refractivity contribution >= 4 is 19.8 Å². The topological polar surface area (TPSA) is 134 Å². The van der Waals surface area contributed by atoms with Crippen molar-refractivity contribution < 1.29 is 37.6 Å². The van der Waals surface area contributed by atoms with Gasteiger partial charge in [-0.2, -0.15) is 0 Å². The van der Waals surface area contributed by atoms with Crippen LogP contribution in [0.15, 0.2) is 109 Å². The maximum absolute atomic E-state index is 12.8. The number of phosphoric ester groups is 1. The van der Waals surface area contributed by atoms with Gasteiger partial charge in [-0.15, -0.1) is 0 Å². The lowest BCUT2D eigenvalue weighted by Gasteiger charge is -2.19. The van der Waals surface area contributed by atoms with Gasteiger partial charge >= 0.3 is 19.8 Å². The monoisotopic (exact) mass is 1210 g/mol. The molecule has 0 aliphatic rings. The molecule has 0 aromatic carbocycles. The smallest absolute Gasteiger partial charge is 0.462 e. The van der Waals surface area contributed by atoms with Gasteiger partial charge in [0.25, 0.3) is 0 Å². The number of hydrogen-bond donors (Lipinski definition) is 2. The summed E-state index contributed by atoms with van der Waals surface area (Å²) in [6.45, 7) is 3.56. The van der Waals surface area contributed by atoms with E-state index in [1.807, 2.05) is 0 Å². The molecule has 0 aliphatic heterocycles. The summed E-state index contributed by atoms with van der Waals surface area (Å²) < 4.78 is 33.2. The molecule has 0 heterocycles. The van der Waals surface area contributed by atoms with Crippen molar-refractivity contribution in [2.45, 2.75) is 328 Å². The van der Waals surface area contributed by atoms with Crippen LogP contribution < -0.4 is 5.73 Å². The Bertz CT molecular complexity index is 1760. The summed E-state index contributed by atoms with van der Waals surface area (Å²) >= 11 is 0. The van der Waals surface area contributed by atoms with Crippen LogP contribution in [0.4, 0.5) is 0 Å².